The molecule has 2 amide bonds. The molecule has 1 saturated heterocycles. The van der Waals surface area contributed by atoms with E-state index in [0.29, 0.717) is 37.3 Å². The fourth-order valence-electron chi connectivity index (χ4n) is 4.73. The van der Waals surface area contributed by atoms with E-state index in [4.69, 9.17) is 9.47 Å². The number of likely N-dealkylation sites (tertiary alicyclic amines) is 1. The van der Waals surface area contributed by atoms with Gasteiger partial charge in [-0.2, -0.15) is 0 Å². The van der Waals surface area contributed by atoms with Crippen molar-refractivity contribution < 1.29 is 19.1 Å². The van der Waals surface area contributed by atoms with Gasteiger partial charge in [-0.1, -0.05) is 20.8 Å². The van der Waals surface area contributed by atoms with Crippen molar-refractivity contribution in [3.63, 3.8) is 0 Å². The van der Waals surface area contributed by atoms with Crippen LogP contribution in [0, 0.1) is 23.7 Å². The summed E-state index contributed by atoms with van der Waals surface area (Å²) in [6, 6.07) is 5.96. The number of rotatable bonds is 7. The lowest BCUT2D eigenvalue weighted by Crippen LogP contribution is -2.36. The van der Waals surface area contributed by atoms with Crippen LogP contribution in [0.25, 0.3) is 0 Å². The van der Waals surface area contributed by atoms with Crippen LogP contribution in [0.15, 0.2) is 18.2 Å². The Morgan fingerprint density at radius 2 is 2.04 bits per heavy atom. The SMILES string of the molecule is COc1ccc(CN2C(=O)C[C@H]3[C@H](CNC(=O)C(C)C)[C@@H](C)C[C@H]32)c(OC)c1. The first-order chi connectivity index (χ1) is 13.3. The van der Waals surface area contributed by atoms with Gasteiger partial charge in [-0.15, -0.1) is 0 Å². The Kier molecular flexibility index (Phi) is 6.16. The maximum Gasteiger partial charge on any atom is 0.223 e. The summed E-state index contributed by atoms with van der Waals surface area (Å²) in [5.74, 6) is 2.87. The first-order valence-corrected chi connectivity index (χ1v) is 10.1. The van der Waals surface area contributed by atoms with Crippen LogP contribution in [-0.2, 0) is 16.1 Å². The molecule has 4 atom stereocenters. The molecule has 2 aliphatic rings. The van der Waals surface area contributed by atoms with Crippen LogP contribution in [0.4, 0.5) is 0 Å². The fourth-order valence-corrected chi connectivity index (χ4v) is 4.73. The van der Waals surface area contributed by atoms with E-state index in [9.17, 15) is 9.59 Å². The average Bonchev–Trinajstić information content (AvgIpc) is 3.14. The molecule has 0 radical (unpaired) electrons. The average molecular weight is 389 g/mol. The molecule has 0 bridgehead atoms. The quantitative estimate of drug-likeness (QED) is 0.780. The molecule has 0 spiro atoms. The summed E-state index contributed by atoms with van der Waals surface area (Å²) in [6.45, 7) is 7.25. The zero-order chi connectivity index (χ0) is 20.4. The molecular weight excluding hydrogens is 356 g/mol. The van der Waals surface area contributed by atoms with E-state index in [1.165, 1.54) is 0 Å². The molecule has 3 rings (SSSR count). The third-order valence-corrected chi connectivity index (χ3v) is 6.39. The van der Waals surface area contributed by atoms with Crippen molar-refractivity contribution in [3.05, 3.63) is 23.8 Å². The van der Waals surface area contributed by atoms with Crippen molar-refractivity contribution in [2.45, 2.75) is 46.2 Å². The van der Waals surface area contributed by atoms with Crippen LogP contribution in [0.2, 0.25) is 0 Å². The van der Waals surface area contributed by atoms with Gasteiger partial charge in [-0.3, -0.25) is 9.59 Å². The minimum Gasteiger partial charge on any atom is -0.497 e. The molecule has 6 nitrogen and oxygen atoms in total. The second kappa shape index (κ2) is 8.41. The third kappa shape index (κ3) is 3.96. The van der Waals surface area contributed by atoms with Crippen LogP contribution < -0.4 is 14.8 Å². The Morgan fingerprint density at radius 1 is 1.29 bits per heavy atom. The Labute approximate surface area is 167 Å². The molecule has 1 aromatic rings. The molecule has 0 aromatic heterocycles. The number of ether oxygens (including phenoxy) is 2. The highest BCUT2D eigenvalue weighted by Gasteiger charge is 2.50. The summed E-state index contributed by atoms with van der Waals surface area (Å²) >= 11 is 0. The zero-order valence-electron chi connectivity index (χ0n) is 17.5. The van der Waals surface area contributed by atoms with Crippen LogP contribution in [-0.4, -0.2) is 43.5 Å². The van der Waals surface area contributed by atoms with E-state index in [0.717, 1.165) is 23.5 Å². The van der Waals surface area contributed by atoms with Crippen LogP contribution >= 0.6 is 0 Å². The Balaban J connectivity index is 1.72. The van der Waals surface area contributed by atoms with Crippen LogP contribution in [0.5, 0.6) is 11.5 Å². The number of nitrogens with one attached hydrogen (secondary N) is 1. The molecule has 2 fully saturated rings. The lowest BCUT2D eigenvalue weighted by atomic mass is 9.88. The van der Waals surface area contributed by atoms with Crippen molar-refractivity contribution in [2.24, 2.45) is 23.7 Å². The predicted molar refractivity (Wildman–Crippen MR) is 107 cm³/mol. The van der Waals surface area contributed by atoms with Crippen molar-refractivity contribution >= 4 is 11.8 Å². The molecule has 1 aromatic carbocycles. The molecule has 1 aliphatic carbocycles. The van der Waals surface area contributed by atoms with Crippen molar-refractivity contribution in [3.8, 4) is 11.5 Å². The van der Waals surface area contributed by atoms with Gasteiger partial charge in [0.25, 0.3) is 0 Å². The van der Waals surface area contributed by atoms with Crippen LogP contribution in [0.3, 0.4) is 0 Å². The van der Waals surface area contributed by atoms with Crippen molar-refractivity contribution in [2.75, 3.05) is 20.8 Å². The van der Waals surface area contributed by atoms with Gasteiger partial charge >= 0.3 is 0 Å². The number of hydrogen-bond donors (Lipinski definition) is 1. The summed E-state index contributed by atoms with van der Waals surface area (Å²) in [5.41, 5.74) is 0.988. The summed E-state index contributed by atoms with van der Waals surface area (Å²) < 4.78 is 10.8. The van der Waals surface area contributed by atoms with Gasteiger partial charge in [0.1, 0.15) is 11.5 Å². The Hall–Kier alpha value is -2.24. The molecule has 1 heterocycles. The number of fused-ring (bicyclic) bond motifs is 1. The van der Waals surface area contributed by atoms with Gasteiger partial charge in [0.2, 0.25) is 11.8 Å². The summed E-state index contributed by atoms with van der Waals surface area (Å²) in [4.78, 5) is 26.8. The predicted octanol–water partition coefficient (Wildman–Crippen LogP) is 2.85. The Bertz CT molecular complexity index is 733. The van der Waals surface area contributed by atoms with E-state index in [1.807, 2.05) is 36.9 Å². The van der Waals surface area contributed by atoms with E-state index >= 15 is 0 Å². The molecule has 1 saturated carbocycles. The van der Waals surface area contributed by atoms with Crippen LogP contribution in [0.1, 0.15) is 39.2 Å². The number of nitrogens with zero attached hydrogens (tertiary/aromatic N) is 1. The van der Waals surface area contributed by atoms with Gasteiger partial charge in [0.15, 0.2) is 0 Å². The highest BCUT2D eigenvalue weighted by Crippen LogP contribution is 2.46. The van der Waals surface area contributed by atoms with Gasteiger partial charge < -0.3 is 19.7 Å². The van der Waals surface area contributed by atoms with Gasteiger partial charge in [0, 0.05) is 43.1 Å². The molecule has 28 heavy (non-hydrogen) atoms. The zero-order valence-corrected chi connectivity index (χ0v) is 17.5. The summed E-state index contributed by atoms with van der Waals surface area (Å²) in [6.07, 6.45) is 1.55. The summed E-state index contributed by atoms with van der Waals surface area (Å²) in [7, 11) is 3.26. The molecule has 1 aliphatic heterocycles. The highest BCUT2D eigenvalue weighted by atomic mass is 16.5. The molecule has 1 N–H and O–H groups in total. The van der Waals surface area contributed by atoms with Gasteiger partial charge in [0.05, 0.1) is 14.2 Å². The summed E-state index contributed by atoms with van der Waals surface area (Å²) in [5, 5.41) is 3.07. The largest absolute Gasteiger partial charge is 0.497 e. The standard InChI is InChI=1S/C22H32N2O4/c1-13(2)22(26)23-11-18-14(3)8-19-17(18)10-21(25)24(19)12-15-6-7-16(27-4)9-20(15)28-5/h6-7,9,13-14,17-19H,8,10-12H2,1-5H3,(H,23,26)/t14-,17-,18+,19+/m0/s1. The maximum absolute atomic E-state index is 12.8. The number of amides is 2. The van der Waals surface area contributed by atoms with Gasteiger partial charge in [-0.05, 0) is 36.3 Å². The Morgan fingerprint density at radius 3 is 2.68 bits per heavy atom. The minimum atomic E-state index is -0.0169. The van der Waals surface area contributed by atoms with Crippen molar-refractivity contribution in [1.29, 1.82) is 0 Å². The number of carbonyl (C=O) groups is 2. The minimum absolute atomic E-state index is 0.0169. The van der Waals surface area contributed by atoms with Gasteiger partial charge in [-0.25, -0.2) is 0 Å². The smallest absolute Gasteiger partial charge is 0.223 e. The molecular formula is C22H32N2O4. The number of methoxy groups -OCH3 is 2. The van der Waals surface area contributed by atoms with E-state index in [-0.39, 0.29) is 23.8 Å². The topological polar surface area (TPSA) is 67.9 Å². The molecule has 154 valence electrons. The molecule has 0 unspecified atom stereocenters. The van der Waals surface area contributed by atoms with E-state index in [2.05, 4.69) is 12.2 Å². The second-order valence-electron chi connectivity index (χ2n) is 8.41. The monoisotopic (exact) mass is 388 g/mol. The third-order valence-electron chi connectivity index (χ3n) is 6.39. The normalized spacial score (nSPS) is 26.5. The fraction of sp³-hybridized carbons (Fsp3) is 0.636. The lowest BCUT2D eigenvalue weighted by Gasteiger charge is -2.25. The molecule has 6 heteroatoms. The lowest BCUT2D eigenvalue weighted by molar-refractivity contribution is -0.129. The number of carbonyl (C=O) groups excluding carboxylic acids is 2. The highest BCUT2D eigenvalue weighted by molar-refractivity contribution is 5.80. The van der Waals surface area contributed by atoms with E-state index in [1.54, 1.807) is 14.2 Å². The number of benzene rings is 1. The number of hydrogen-bond acceptors (Lipinski definition) is 4. The van der Waals surface area contributed by atoms with E-state index < -0.39 is 0 Å². The second-order valence-corrected chi connectivity index (χ2v) is 8.41. The van der Waals surface area contributed by atoms with Crippen molar-refractivity contribution in [1.82, 2.24) is 10.2 Å². The maximum atomic E-state index is 12.8. The first kappa shape index (κ1) is 20.5. The first-order valence-electron chi connectivity index (χ1n) is 10.1.